The molecule has 2 atom stereocenters. The lowest BCUT2D eigenvalue weighted by molar-refractivity contribution is -0.143. The SMILES string of the molecule is CCCCCC/C=C\C/C=C\CCCCCCCCCC(=O)OCCCCCCCCCCCCCCCCCCCCCCCCCCCCCCCCCCCC(=O)NC(CO)C(O)/C=C/CCCCCCCCCCCCCCCCCCCCCCC. The molecule has 0 saturated carbocycles. The van der Waals surface area contributed by atoms with Gasteiger partial charge in [0.25, 0.3) is 0 Å². The summed E-state index contributed by atoms with van der Waals surface area (Å²) in [5.41, 5.74) is 0. The molecular formula is C85H163NO5. The van der Waals surface area contributed by atoms with Crippen LogP contribution in [-0.2, 0) is 14.3 Å². The highest BCUT2D eigenvalue weighted by Crippen LogP contribution is 2.20. The Morgan fingerprint density at radius 2 is 0.549 bits per heavy atom. The number of esters is 1. The third-order valence-corrected chi connectivity index (χ3v) is 19.7. The molecule has 0 spiro atoms. The number of aliphatic hydroxyl groups excluding tert-OH is 2. The molecule has 6 nitrogen and oxygen atoms in total. The van der Waals surface area contributed by atoms with E-state index >= 15 is 0 Å². The van der Waals surface area contributed by atoms with Crippen molar-refractivity contribution in [1.82, 2.24) is 5.32 Å². The molecule has 0 aromatic rings. The Hall–Kier alpha value is -1.92. The molecule has 0 aliphatic carbocycles. The maximum atomic E-state index is 12.6. The van der Waals surface area contributed by atoms with Gasteiger partial charge in [-0.2, -0.15) is 0 Å². The topological polar surface area (TPSA) is 95.9 Å². The maximum absolute atomic E-state index is 12.6. The number of amides is 1. The Balaban J connectivity index is 3.34. The minimum absolute atomic E-state index is 0.0150. The first kappa shape index (κ1) is 89.1. The molecule has 0 bridgehead atoms. The van der Waals surface area contributed by atoms with Crippen LogP contribution in [0.4, 0.5) is 0 Å². The molecule has 0 fully saturated rings. The Morgan fingerprint density at radius 3 is 0.846 bits per heavy atom. The second kappa shape index (κ2) is 80.5. The standard InChI is InChI=1S/C85H163NO5/c1-3-5-7-9-11-13-15-17-19-21-23-24-36-39-42-45-49-53-57-61-65-69-73-77-83(88)82(81-87)86-84(89)78-74-70-66-62-58-54-50-46-43-40-37-34-32-30-28-26-25-27-29-31-33-35-38-41-44-48-52-56-60-64-68-72-76-80-91-85(90)79-75-71-67-63-59-55-51-47-22-20-18-16-14-12-10-8-6-4-2/h14,16,20,22,73,77,82-83,87-88H,3-13,15,17-19,21,23-72,74-76,78-81H2,1-2H3,(H,86,89)/b16-14-,22-20-,77-73+. The van der Waals surface area contributed by atoms with Gasteiger partial charge in [0.05, 0.1) is 25.4 Å². The summed E-state index contributed by atoms with van der Waals surface area (Å²) in [4.78, 5) is 24.7. The van der Waals surface area contributed by atoms with Gasteiger partial charge in [0.15, 0.2) is 0 Å². The number of hydrogen-bond donors (Lipinski definition) is 3. The van der Waals surface area contributed by atoms with Crippen LogP contribution >= 0.6 is 0 Å². The zero-order chi connectivity index (χ0) is 65.6. The van der Waals surface area contributed by atoms with E-state index in [-0.39, 0.29) is 18.5 Å². The summed E-state index contributed by atoms with van der Waals surface area (Å²) < 4.78 is 5.51. The van der Waals surface area contributed by atoms with E-state index in [0.29, 0.717) is 19.4 Å². The van der Waals surface area contributed by atoms with Crippen LogP contribution in [0.3, 0.4) is 0 Å². The third kappa shape index (κ3) is 77.0. The normalized spacial score (nSPS) is 12.6. The lowest BCUT2D eigenvalue weighted by Crippen LogP contribution is -2.45. The van der Waals surface area contributed by atoms with Gasteiger partial charge in [-0.25, -0.2) is 0 Å². The van der Waals surface area contributed by atoms with Crippen LogP contribution in [0, 0.1) is 0 Å². The number of hydrogen-bond acceptors (Lipinski definition) is 5. The Bertz CT molecular complexity index is 1470. The molecule has 0 aliphatic heterocycles. The smallest absolute Gasteiger partial charge is 0.305 e. The molecule has 0 aliphatic rings. The number of rotatable bonds is 79. The maximum Gasteiger partial charge on any atom is 0.305 e. The van der Waals surface area contributed by atoms with E-state index in [9.17, 15) is 19.8 Å². The summed E-state index contributed by atoms with van der Waals surface area (Å²) >= 11 is 0. The highest BCUT2D eigenvalue weighted by molar-refractivity contribution is 5.76. The number of ether oxygens (including phenoxy) is 1. The van der Waals surface area contributed by atoms with Crippen LogP contribution in [0.1, 0.15) is 470 Å². The quantitative estimate of drug-likeness (QED) is 0.0320. The predicted octanol–water partition coefficient (Wildman–Crippen LogP) is 27.8. The van der Waals surface area contributed by atoms with Crippen molar-refractivity contribution in [2.45, 2.75) is 482 Å². The summed E-state index contributed by atoms with van der Waals surface area (Å²) in [7, 11) is 0. The van der Waals surface area contributed by atoms with Gasteiger partial charge in [-0.3, -0.25) is 9.59 Å². The second-order valence-electron chi connectivity index (χ2n) is 28.8. The minimum atomic E-state index is -0.843. The number of allylic oxidation sites excluding steroid dienone is 5. The molecule has 0 saturated heterocycles. The molecular weight excluding hydrogens is 1110 g/mol. The number of unbranched alkanes of at least 4 members (excludes halogenated alkanes) is 64. The minimum Gasteiger partial charge on any atom is -0.466 e. The first-order valence-corrected chi connectivity index (χ1v) is 41.8. The van der Waals surface area contributed by atoms with Crippen LogP contribution in [0.5, 0.6) is 0 Å². The predicted molar refractivity (Wildman–Crippen MR) is 403 cm³/mol. The monoisotopic (exact) mass is 1280 g/mol. The Labute approximate surface area is 570 Å². The average molecular weight is 1280 g/mol. The van der Waals surface area contributed by atoms with Gasteiger partial charge in [-0.15, -0.1) is 0 Å². The number of aliphatic hydroxyl groups is 2. The van der Waals surface area contributed by atoms with Gasteiger partial charge in [0, 0.05) is 12.8 Å². The van der Waals surface area contributed by atoms with E-state index in [2.05, 4.69) is 43.5 Å². The number of carbonyl (C=O) groups excluding carboxylic acids is 2. The van der Waals surface area contributed by atoms with Gasteiger partial charge in [0.1, 0.15) is 0 Å². The van der Waals surface area contributed by atoms with E-state index in [0.717, 1.165) is 51.4 Å². The van der Waals surface area contributed by atoms with Gasteiger partial charge in [-0.1, -0.05) is 429 Å². The fourth-order valence-corrected chi connectivity index (χ4v) is 13.3. The van der Waals surface area contributed by atoms with Crippen LogP contribution in [0.25, 0.3) is 0 Å². The van der Waals surface area contributed by atoms with Crippen molar-refractivity contribution >= 4 is 11.9 Å². The van der Waals surface area contributed by atoms with Crippen molar-refractivity contribution in [3.8, 4) is 0 Å². The second-order valence-corrected chi connectivity index (χ2v) is 28.8. The summed E-state index contributed by atoms with van der Waals surface area (Å²) in [6.45, 7) is 4.94. The summed E-state index contributed by atoms with van der Waals surface area (Å²) in [5, 5.41) is 23.3. The molecule has 538 valence electrons. The van der Waals surface area contributed by atoms with Crippen molar-refractivity contribution in [2.75, 3.05) is 13.2 Å². The summed E-state index contributed by atoms with van der Waals surface area (Å²) in [6.07, 6.45) is 106. The van der Waals surface area contributed by atoms with E-state index in [1.165, 1.54) is 392 Å². The molecule has 6 heteroatoms. The average Bonchev–Trinajstić information content (AvgIpc) is 3.64. The molecule has 0 radical (unpaired) electrons. The lowest BCUT2D eigenvalue weighted by atomic mass is 10.0. The van der Waals surface area contributed by atoms with Gasteiger partial charge < -0.3 is 20.3 Å². The van der Waals surface area contributed by atoms with Crippen LogP contribution < -0.4 is 5.32 Å². The zero-order valence-corrected chi connectivity index (χ0v) is 61.9. The number of carbonyl (C=O) groups is 2. The zero-order valence-electron chi connectivity index (χ0n) is 61.9. The molecule has 0 rings (SSSR count). The molecule has 3 N–H and O–H groups in total. The van der Waals surface area contributed by atoms with Crippen molar-refractivity contribution in [2.24, 2.45) is 0 Å². The molecule has 1 amide bonds. The fraction of sp³-hybridized carbons (Fsp3) is 0.906. The highest BCUT2D eigenvalue weighted by atomic mass is 16.5. The van der Waals surface area contributed by atoms with Crippen LogP contribution in [-0.4, -0.2) is 47.4 Å². The molecule has 2 unspecified atom stereocenters. The van der Waals surface area contributed by atoms with Crippen molar-refractivity contribution in [3.63, 3.8) is 0 Å². The van der Waals surface area contributed by atoms with Crippen molar-refractivity contribution in [1.29, 1.82) is 0 Å². The van der Waals surface area contributed by atoms with Gasteiger partial charge in [0.2, 0.25) is 5.91 Å². The van der Waals surface area contributed by atoms with E-state index < -0.39 is 12.1 Å². The fourth-order valence-electron chi connectivity index (χ4n) is 13.3. The van der Waals surface area contributed by atoms with E-state index in [1.807, 2.05) is 6.08 Å². The lowest BCUT2D eigenvalue weighted by Gasteiger charge is -2.20. The summed E-state index contributed by atoms with van der Waals surface area (Å²) in [6, 6.07) is -0.626. The Morgan fingerprint density at radius 1 is 0.308 bits per heavy atom. The first-order chi connectivity index (χ1) is 45.0. The Kier molecular flexibility index (Phi) is 78.8. The highest BCUT2D eigenvalue weighted by Gasteiger charge is 2.18. The molecule has 0 aromatic carbocycles. The first-order valence-electron chi connectivity index (χ1n) is 41.8. The van der Waals surface area contributed by atoms with Crippen LogP contribution in [0.2, 0.25) is 0 Å². The third-order valence-electron chi connectivity index (χ3n) is 19.7. The summed E-state index contributed by atoms with van der Waals surface area (Å²) in [5.74, 6) is -0.0430. The molecule has 0 heterocycles. The number of nitrogens with one attached hydrogen (secondary N) is 1. The van der Waals surface area contributed by atoms with Gasteiger partial charge in [-0.05, 0) is 64.2 Å². The molecule has 91 heavy (non-hydrogen) atoms. The largest absolute Gasteiger partial charge is 0.466 e. The van der Waals surface area contributed by atoms with Crippen molar-refractivity contribution < 1.29 is 24.5 Å². The van der Waals surface area contributed by atoms with E-state index in [4.69, 9.17) is 4.74 Å². The molecule has 0 aromatic heterocycles. The van der Waals surface area contributed by atoms with Gasteiger partial charge >= 0.3 is 5.97 Å². The van der Waals surface area contributed by atoms with Crippen LogP contribution in [0.15, 0.2) is 36.5 Å². The van der Waals surface area contributed by atoms with E-state index in [1.54, 1.807) is 6.08 Å². The van der Waals surface area contributed by atoms with Crippen molar-refractivity contribution in [3.05, 3.63) is 36.5 Å².